The molecule has 4 N–H and O–H groups in total. The molecule has 1 aromatic carbocycles. The van der Waals surface area contributed by atoms with Gasteiger partial charge in [0.1, 0.15) is 12.6 Å². The molecule has 226 valence electrons. The van der Waals surface area contributed by atoms with E-state index < -0.39 is 25.8 Å². The number of imidazole rings is 1. The fourth-order valence-corrected chi connectivity index (χ4v) is 8.44. The fraction of sp³-hybridized carbons (Fsp3) is 0.750. The van der Waals surface area contributed by atoms with Crippen molar-refractivity contribution in [3.63, 3.8) is 0 Å². The number of primary amides is 1. The quantitative estimate of drug-likeness (QED) is 0.208. The number of carbonyl (C=O) groups is 1. The predicted octanol–water partition coefficient (Wildman–Crippen LogP) is 6.96. The Kier molecular flexibility index (Phi) is 7.63. The number of hydrogen-bond acceptors (Lipinski definition) is 4. The molecule has 4 saturated carbocycles. The zero-order valence-corrected chi connectivity index (χ0v) is 26.0. The Morgan fingerprint density at radius 3 is 2.32 bits per heavy atom. The van der Waals surface area contributed by atoms with E-state index in [1.165, 1.54) is 25.7 Å². The van der Waals surface area contributed by atoms with Gasteiger partial charge in [0.05, 0.1) is 17.1 Å². The van der Waals surface area contributed by atoms with Crippen LogP contribution in [0.15, 0.2) is 18.2 Å². The van der Waals surface area contributed by atoms with Crippen molar-refractivity contribution in [1.29, 1.82) is 0 Å². The van der Waals surface area contributed by atoms with Crippen LogP contribution in [0.25, 0.3) is 11.0 Å². The first-order chi connectivity index (χ1) is 19.3. The highest BCUT2D eigenvalue weighted by molar-refractivity contribution is 6.76. The highest BCUT2D eigenvalue weighted by atomic mass is 28.3. The zero-order valence-electron chi connectivity index (χ0n) is 25.0. The summed E-state index contributed by atoms with van der Waals surface area (Å²) in [5.74, 6) is -2.68. The van der Waals surface area contributed by atoms with Crippen LogP contribution in [-0.4, -0.2) is 36.1 Å². The minimum Gasteiger partial charge on any atom is -0.369 e. The second-order valence-corrected chi connectivity index (χ2v) is 20.8. The van der Waals surface area contributed by atoms with Crippen LogP contribution >= 0.6 is 0 Å². The summed E-state index contributed by atoms with van der Waals surface area (Å²) in [5, 5.41) is 0. The molecule has 4 aliphatic carbocycles. The van der Waals surface area contributed by atoms with Crippen molar-refractivity contribution in [1.82, 2.24) is 9.55 Å². The van der Waals surface area contributed by atoms with Crippen molar-refractivity contribution in [2.75, 3.05) is 6.61 Å². The molecule has 3 atom stereocenters. The molecule has 4 aliphatic rings. The number of ether oxygens (including phenoxy) is 1. The first kappa shape index (κ1) is 29.2. The molecule has 0 saturated heterocycles. The SMILES string of the molecule is C[Si](C)(C)CCOCn1c([C@@H](N)C2CCC3(CC2)CC3)nc2cc([C@H](C3CC3)C(C(N)=O)C3CC(F)(F)C3)ccc21. The van der Waals surface area contributed by atoms with Crippen LogP contribution in [0.3, 0.4) is 0 Å². The Balaban J connectivity index is 1.30. The van der Waals surface area contributed by atoms with Crippen molar-refractivity contribution in [3.05, 3.63) is 29.6 Å². The third-order valence-electron chi connectivity index (χ3n) is 10.7. The van der Waals surface area contributed by atoms with Crippen molar-refractivity contribution in [2.45, 2.75) is 115 Å². The van der Waals surface area contributed by atoms with Crippen LogP contribution < -0.4 is 11.5 Å². The molecule has 2 aromatic rings. The third kappa shape index (κ3) is 6.28. The molecule has 1 aromatic heterocycles. The molecule has 0 aliphatic heterocycles. The Morgan fingerprint density at radius 1 is 1.07 bits per heavy atom. The maximum absolute atomic E-state index is 13.8. The normalized spacial score (nSPS) is 24.7. The molecule has 1 heterocycles. The lowest BCUT2D eigenvalue weighted by molar-refractivity contribution is -0.146. The standard InChI is InChI=1S/C32H48F2N4O2Si/c1-41(2,3)15-14-40-19-38-25-7-6-22(26(20-4-5-20)27(29(36)39)23-17-32(33,34)18-23)16-24(25)37-30(38)28(35)21-8-10-31(11-9-21)12-13-31/h6-7,16,20-21,23,26-28H,4-5,8-15,17-19,35H2,1-3H3,(H2,36,39)/t26-,27?,28-/m0/s1. The summed E-state index contributed by atoms with van der Waals surface area (Å²) in [6.07, 6.45) is 9.03. The lowest BCUT2D eigenvalue weighted by Gasteiger charge is -2.42. The van der Waals surface area contributed by atoms with E-state index in [2.05, 4.69) is 42.4 Å². The summed E-state index contributed by atoms with van der Waals surface area (Å²) >= 11 is 0. The minimum absolute atomic E-state index is 0.152. The molecule has 1 spiro atoms. The number of nitrogens with two attached hydrogens (primary N) is 2. The highest BCUT2D eigenvalue weighted by Gasteiger charge is 2.54. The molecule has 1 amide bonds. The number of nitrogens with zero attached hydrogens (tertiary/aromatic N) is 2. The van der Waals surface area contributed by atoms with Gasteiger partial charge >= 0.3 is 0 Å². The van der Waals surface area contributed by atoms with Crippen molar-refractivity contribution in [3.8, 4) is 0 Å². The van der Waals surface area contributed by atoms with Gasteiger partial charge in [-0.2, -0.15) is 0 Å². The topological polar surface area (TPSA) is 96.2 Å². The third-order valence-corrected chi connectivity index (χ3v) is 12.4. The van der Waals surface area contributed by atoms with Gasteiger partial charge in [0.15, 0.2) is 0 Å². The molecular formula is C32H48F2N4O2Si. The number of carbonyl (C=O) groups excluding carboxylic acids is 1. The van der Waals surface area contributed by atoms with E-state index in [9.17, 15) is 13.6 Å². The van der Waals surface area contributed by atoms with Gasteiger partial charge < -0.3 is 20.8 Å². The summed E-state index contributed by atoms with van der Waals surface area (Å²) in [4.78, 5) is 17.8. The van der Waals surface area contributed by atoms with Crippen molar-refractivity contribution < 1.29 is 18.3 Å². The van der Waals surface area contributed by atoms with Gasteiger partial charge in [0.2, 0.25) is 11.8 Å². The van der Waals surface area contributed by atoms with Gasteiger partial charge in [0, 0.05) is 33.4 Å². The number of fused-ring (bicyclic) bond motifs is 1. The molecule has 0 radical (unpaired) electrons. The van der Waals surface area contributed by atoms with Crippen molar-refractivity contribution in [2.24, 2.45) is 40.6 Å². The number of amides is 1. The van der Waals surface area contributed by atoms with Crippen LogP contribution in [-0.2, 0) is 16.3 Å². The van der Waals surface area contributed by atoms with E-state index in [1.54, 1.807) is 0 Å². The Bertz CT molecular complexity index is 1260. The van der Waals surface area contributed by atoms with Gasteiger partial charge in [-0.25, -0.2) is 13.8 Å². The number of hydrogen-bond donors (Lipinski definition) is 2. The summed E-state index contributed by atoms with van der Waals surface area (Å²) in [7, 11) is -1.22. The van der Waals surface area contributed by atoms with Gasteiger partial charge in [-0.15, -0.1) is 0 Å². The first-order valence-electron chi connectivity index (χ1n) is 15.9. The molecule has 9 heteroatoms. The smallest absolute Gasteiger partial charge is 0.248 e. The van der Waals surface area contributed by atoms with E-state index in [4.69, 9.17) is 21.2 Å². The maximum atomic E-state index is 13.8. The number of benzene rings is 1. The monoisotopic (exact) mass is 586 g/mol. The average molecular weight is 587 g/mol. The minimum atomic E-state index is -2.69. The van der Waals surface area contributed by atoms with E-state index in [0.29, 0.717) is 30.6 Å². The number of rotatable bonds is 12. The lowest BCUT2D eigenvalue weighted by Crippen LogP contribution is -2.46. The second-order valence-electron chi connectivity index (χ2n) is 15.2. The van der Waals surface area contributed by atoms with Crippen molar-refractivity contribution >= 4 is 25.0 Å². The number of alkyl halides is 2. The average Bonchev–Trinajstić information content (AvgIpc) is 3.82. The molecule has 4 fully saturated rings. The van der Waals surface area contributed by atoms with Gasteiger partial charge in [-0.1, -0.05) is 25.7 Å². The summed E-state index contributed by atoms with van der Waals surface area (Å²) < 4.78 is 36.0. The Hall–Kier alpha value is -1.84. The van der Waals surface area contributed by atoms with E-state index in [0.717, 1.165) is 54.1 Å². The second kappa shape index (κ2) is 10.7. The fourth-order valence-electron chi connectivity index (χ4n) is 7.69. The molecule has 6 rings (SSSR count). The molecule has 1 unspecified atom stereocenters. The van der Waals surface area contributed by atoms with E-state index in [-0.39, 0.29) is 30.7 Å². The first-order valence-corrected chi connectivity index (χ1v) is 19.6. The van der Waals surface area contributed by atoms with E-state index >= 15 is 0 Å². The maximum Gasteiger partial charge on any atom is 0.248 e. The molecule has 0 bridgehead atoms. The number of aromatic nitrogens is 2. The zero-order chi connectivity index (χ0) is 29.2. The van der Waals surface area contributed by atoms with E-state index in [1.807, 2.05) is 0 Å². The van der Waals surface area contributed by atoms with Crippen LogP contribution in [0.5, 0.6) is 0 Å². The summed E-state index contributed by atoms with van der Waals surface area (Å²) in [6, 6.07) is 7.12. The van der Waals surface area contributed by atoms with Crippen LogP contribution in [0.4, 0.5) is 8.78 Å². The molecule has 41 heavy (non-hydrogen) atoms. The van der Waals surface area contributed by atoms with Crippen LogP contribution in [0.1, 0.15) is 87.6 Å². The lowest BCUT2D eigenvalue weighted by atomic mass is 9.65. The predicted molar refractivity (Wildman–Crippen MR) is 160 cm³/mol. The highest BCUT2D eigenvalue weighted by Crippen LogP contribution is 2.58. The number of halogens is 2. The van der Waals surface area contributed by atoms with Crippen LogP contribution in [0.2, 0.25) is 25.7 Å². The molecular weight excluding hydrogens is 538 g/mol. The largest absolute Gasteiger partial charge is 0.369 e. The van der Waals surface area contributed by atoms with Gasteiger partial charge in [0.25, 0.3) is 0 Å². The summed E-state index contributed by atoms with van der Waals surface area (Å²) in [5.41, 5.74) is 16.3. The Labute approximate surface area is 244 Å². The van der Waals surface area contributed by atoms with Crippen LogP contribution in [0, 0.1) is 29.1 Å². The Morgan fingerprint density at radius 2 is 1.76 bits per heavy atom. The van der Waals surface area contributed by atoms with Gasteiger partial charge in [-0.3, -0.25) is 4.79 Å². The summed E-state index contributed by atoms with van der Waals surface area (Å²) in [6.45, 7) is 8.17. The molecule has 6 nitrogen and oxygen atoms in total. The van der Waals surface area contributed by atoms with Gasteiger partial charge in [-0.05, 0) is 104 Å².